The first-order valence-corrected chi connectivity index (χ1v) is 6.09. The minimum Gasteiger partial charge on any atom is -0.478 e. The SMILES string of the molecule is CCOc1cc(-c2nc3cc(C(=O)O)ccc3[nH]2)n[nH]1. The van der Waals surface area contributed by atoms with Gasteiger partial charge in [0.15, 0.2) is 5.82 Å². The van der Waals surface area contributed by atoms with Crippen LogP contribution in [0.1, 0.15) is 17.3 Å². The molecule has 0 spiro atoms. The number of rotatable bonds is 4. The molecule has 1 aromatic carbocycles. The van der Waals surface area contributed by atoms with E-state index in [0.29, 0.717) is 29.5 Å². The van der Waals surface area contributed by atoms with Crippen molar-refractivity contribution in [2.24, 2.45) is 0 Å². The lowest BCUT2D eigenvalue weighted by Crippen LogP contribution is -1.94. The first-order chi connectivity index (χ1) is 9.67. The third-order valence-electron chi connectivity index (χ3n) is 2.83. The molecule has 0 bridgehead atoms. The number of hydrogen-bond donors (Lipinski definition) is 3. The number of aromatic amines is 2. The van der Waals surface area contributed by atoms with Gasteiger partial charge in [-0.2, -0.15) is 5.10 Å². The fraction of sp³-hybridized carbons (Fsp3) is 0.154. The zero-order valence-corrected chi connectivity index (χ0v) is 10.7. The number of nitrogens with one attached hydrogen (secondary N) is 2. The van der Waals surface area contributed by atoms with Crippen molar-refractivity contribution in [3.63, 3.8) is 0 Å². The predicted octanol–water partition coefficient (Wildman–Crippen LogP) is 2.05. The highest BCUT2D eigenvalue weighted by atomic mass is 16.5. The largest absolute Gasteiger partial charge is 0.478 e. The summed E-state index contributed by atoms with van der Waals surface area (Å²) >= 11 is 0. The van der Waals surface area contributed by atoms with Gasteiger partial charge in [-0.1, -0.05) is 0 Å². The van der Waals surface area contributed by atoms with Crippen LogP contribution in [0.4, 0.5) is 0 Å². The molecular formula is C13H12N4O3. The van der Waals surface area contributed by atoms with Crippen LogP contribution in [0, 0.1) is 0 Å². The number of fused-ring (bicyclic) bond motifs is 1. The van der Waals surface area contributed by atoms with E-state index < -0.39 is 5.97 Å². The molecule has 0 saturated heterocycles. The molecule has 3 N–H and O–H groups in total. The van der Waals surface area contributed by atoms with Gasteiger partial charge in [0.05, 0.1) is 23.2 Å². The molecule has 0 unspecified atom stereocenters. The molecule has 0 aliphatic carbocycles. The fourth-order valence-electron chi connectivity index (χ4n) is 1.91. The topological polar surface area (TPSA) is 104 Å². The summed E-state index contributed by atoms with van der Waals surface area (Å²) in [5.41, 5.74) is 2.15. The van der Waals surface area contributed by atoms with Gasteiger partial charge in [0.2, 0.25) is 5.88 Å². The number of aromatic nitrogens is 4. The molecule has 3 rings (SSSR count). The van der Waals surface area contributed by atoms with Gasteiger partial charge in [0, 0.05) is 6.07 Å². The second-order valence-corrected chi connectivity index (χ2v) is 4.17. The Morgan fingerprint density at radius 2 is 2.25 bits per heavy atom. The first kappa shape index (κ1) is 12.2. The smallest absolute Gasteiger partial charge is 0.335 e. The van der Waals surface area contributed by atoms with Crippen molar-refractivity contribution in [1.82, 2.24) is 20.2 Å². The van der Waals surface area contributed by atoms with Crippen LogP contribution in [-0.4, -0.2) is 37.8 Å². The molecule has 0 aliphatic rings. The first-order valence-electron chi connectivity index (χ1n) is 6.09. The van der Waals surface area contributed by atoms with Crippen molar-refractivity contribution in [3.05, 3.63) is 29.8 Å². The van der Waals surface area contributed by atoms with Crippen LogP contribution in [0.2, 0.25) is 0 Å². The van der Waals surface area contributed by atoms with E-state index in [4.69, 9.17) is 9.84 Å². The Morgan fingerprint density at radius 3 is 3.00 bits per heavy atom. The van der Waals surface area contributed by atoms with Crippen LogP contribution in [0.3, 0.4) is 0 Å². The van der Waals surface area contributed by atoms with Crippen molar-refractivity contribution in [3.8, 4) is 17.4 Å². The van der Waals surface area contributed by atoms with Gasteiger partial charge in [0.1, 0.15) is 5.69 Å². The van der Waals surface area contributed by atoms with Crippen molar-refractivity contribution in [2.45, 2.75) is 6.92 Å². The molecule has 0 amide bonds. The third-order valence-corrected chi connectivity index (χ3v) is 2.83. The molecule has 20 heavy (non-hydrogen) atoms. The molecule has 2 aromatic heterocycles. The van der Waals surface area contributed by atoms with Crippen LogP contribution in [0.5, 0.6) is 5.88 Å². The third kappa shape index (κ3) is 2.09. The lowest BCUT2D eigenvalue weighted by molar-refractivity contribution is 0.0697. The number of hydrogen-bond acceptors (Lipinski definition) is 4. The average Bonchev–Trinajstić information content (AvgIpc) is 3.03. The van der Waals surface area contributed by atoms with E-state index in [1.165, 1.54) is 12.1 Å². The minimum absolute atomic E-state index is 0.201. The van der Waals surface area contributed by atoms with Crippen molar-refractivity contribution < 1.29 is 14.6 Å². The van der Waals surface area contributed by atoms with E-state index in [9.17, 15) is 4.79 Å². The summed E-state index contributed by atoms with van der Waals surface area (Å²) < 4.78 is 5.30. The number of H-pyrrole nitrogens is 2. The highest BCUT2D eigenvalue weighted by Crippen LogP contribution is 2.22. The van der Waals surface area contributed by atoms with Gasteiger partial charge in [-0.05, 0) is 25.1 Å². The number of imidazole rings is 1. The molecule has 0 aliphatic heterocycles. The second kappa shape index (κ2) is 4.69. The number of aromatic carboxylic acids is 1. The summed E-state index contributed by atoms with van der Waals surface area (Å²) in [6, 6.07) is 6.47. The Labute approximate surface area is 113 Å². The molecule has 2 heterocycles. The summed E-state index contributed by atoms with van der Waals surface area (Å²) in [5.74, 6) is 0.147. The van der Waals surface area contributed by atoms with Gasteiger partial charge in [-0.15, -0.1) is 0 Å². The van der Waals surface area contributed by atoms with Crippen LogP contribution >= 0.6 is 0 Å². The Balaban J connectivity index is 2.01. The quantitative estimate of drug-likeness (QED) is 0.674. The van der Waals surface area contributed by atoms with Crippen LogP contribution < -0.4 is 4.74 Å². The molecule has 3 aromatic rings. The predicted molar refractivity (Wildman–Crippen MR) is 71.8 cm³/mol. The van der Waals surface area contributed by atoms with Gasteiger partial charge < -0.3 is 14.8 Å². The summed E-state index contributed by atoms with van der Waals surface area (Å²) in [5, 5.41) is 15.8. The van der Waals surface area contributed by atoms with Gasteiger partial charge >= 0.3 is 5.97 Å². The number of carbonyl (C=O) groups is 1. The molecular weight excluding hydrogens is 260 g/mol. The second-order valence-electron chi connectivity index (χ2n) is 4.17. The van der Waals surface area contributed by atoms with Crippen molar-refractivity contribution >= 4 is 17.0 Å². The van der Waals surface area contributed by atoms with E-state index >= 15 is 0 Å². The van der Waals surface area contributed by atoms with Crippen molar-refractivity contribution in [2.75, 3.05) is 6.61 Å². The zero-order chi connectivity index (χ0) is 14.1. The maximum Gasteiger partial charge on any atom is 0.335 e. The van der Waals surface area contributed by atoms with E-state index in [1.807, 2.05) is 6.92 Å². The normalized spacial score (nSPS) is 10.8. The standard InChI is InChI=1S/C13H12N4O3/c1-2-20-11-6-10(16-17-11)12-14-8-4-3-7(13(18)19)5-9(8)15-12/h3-6H,2H2,1H3,(H,14,15)(H,16,17)(H,18,19). The molecule has 7 heteroatoms. The molecule has 0 atom stereocenters. The average molecular weight is 272 g/mol. The molecule has 7 nitrogen and oxygen atoms in total. The number of nitrogens with zero attached hydrogens (tertiary/aromatic N) is 2. The number of ether oxygens (including phenoxy) is 1. The molecule has 0 fully saturated rings. The monoisotopic (exact) mass is 272 g/mol. The Kier molecular flexibility index (Phi) is 2.86. The minimum atomic E-state index is -0.977. The lowest BCUT2D eigenvalue weighted by Gasteiger charge is -1.93. The van der Waals surface area contributed by atoms with Gasteiger partial charge in [0.25, 0.3) is 0 Å². The molecule has 102 valence electrons. The highest BCUT2D eigenvalue weighted by Gasteiger charge is 2.11. The summed E-state index contributed by atoms with van der Waals surface area (Å²) in [4.78, 5) is 18.4. The number of carboxylic acids is 1. The number of benzene rings is 1. The molecule has 0 saturated carbocycles. The highest BCUT2D eigenvalue weighted by molar-refractivity contribution is 5.92. The Hall–Kier alpha value is -2.83. The summed E-state index contributed by atoms with van der Waals surface area (Å²) in [7, 11) is 0. The number of carboxylic acid groups (broad SMARTS) is 1. The van der Waals surface area contributed by atoms with E-state index in [2.05, 4.69) is 20.2 Å². The van der Waals surface area contributed by atoms with Gasteiger partial charge in [-0.25, -0.2) is 14.9 Å². The zero-order valence-electron chi connectivity index (χ0n) is 10.7. The lowest BCUT2D eigenvalue weighted by atomic mass is 10.2. The van der Waals surface area contributed by atoms with Gasteiger partial charge in [-0.3, -0.25) is 0 Å². The molecule has 0 radical (unpaired) electrons. The fourth-order valence-corrected chi connectivity index (χ4v) is 1.91. The summed E-state index contributed by atoms with van der Waals surface area (Å²) in [6.45, 7) is 2.43. The maximum absolute atomic E-state index is 10.9. The van der Waals surface area contributed by atoms with Crippen molar-refractivity contribution in [1.29, 1.82) is 0 Å². The Bertz CT molecular complexity index is 775. The van der Waals surface area contributed by atoms with E-state index in [0.717, 1.165) is 5.52 Å². The van der Waals surface area contributed by atoms with Crippen LogP contribution in [0.25, 0.3) is 22.6 Å². The summed E-state index contributed by atoms with van der Waals surface area (Å²) in [6.07, 6.45) is 0. The van der Waals surface area contributed by atoms with Crippen LogP contribution in [0.15, 0.2) is 24.3 Å². The van der Waals surface area contributed by atoms with E-state index in [-0.39, 0.29) is 5.56 Å². The van der Waals surface area contributed by atoms with Crippen LogP contribution in [-0.2, 0) is 0 Å². The Morgan fingerprint density at radius 1 is 1.40 bits per heavy atom. The van der Waals surface area contributed by atoms with E-state index in [1.54, 1.807) is 12.1 Å². The maximum atomic E-state index is 10.9.